The lowest BCUT2D eigenvalue weighted by atomic mass is 9.98. The molecule has 106 valence electrons. The van der Waals surface area contributed by atoms with Gasteiger partial charge in [-0.05, 0) is 45.8 Å². The maximum atomic E-state index is 11.3. The number of carboxylic acid groups (broad SMARTS) is 1. The van der Waals surface area contributed by atoms with Crippen LogP contribution >= 0.6 is 11.8 Å². The van der Waals surface area contributed by atoms with E-state index in [4.69, 9.17) is 4.74 Å². The van der Waals surface area contributed by atoms with Gasteiger partial charge in [-0.3, -0.25) is 10.1 Å². The van der Waals surface area contributed by atoms with Crippen LogP contribution in [0.25, 0.3) is 0 Å². The zero-order valence-corrected chi connectivity index (χ0v) is 12.4. The summed E-state index contributed by atoms with van der Waals surface area (Å²) in [6.45, 7) is 6.59. The molecule has 1 aliphatic rings. The van der Waals surface area contributed by atoms with Gasteiger partial charge in [-0.25, -0.2) is 0 Å². The summed E-state index contributed by atoms with van der Waals surface area (Å²) >= 11 is 1.79. The minimum atomic E-state index is -0.822. The minimum Gasteiger partial charge on any atom is -0.480 e. The molecule has 4 nitrogen and oxygen atoms in total. The molecule has 0 bridgehead atoms. The Bertz CT molecular complexity index is 267. The van der Waals surface area contributed by atoms with Gasteiger partial charge >= 0.3 is 5.97 Å². The second kappa shape index (κ2) is 7.36. The number of rotatable bonds is 8. The predicted octanol–water partition coefficient (Wildman–Crippen LogP) is 2.13. The Balaban J connectivity index is 2.26. The fourth-order valence-electron chi connectivity index (χ4n) is 2.14. The number of aliphatic carboxylic acids is 1. The molecule has 0 amide bonds. The van der Waals surface area contributed by atoms with Crippen LogP contribution in [-0.4, -0.2) is 46.9 Å². The van der Waals surface area contributed by atoms with Crippen molar-refractivity contribution in [2.24, 2.45) is 0 Å². The summed E-state index contributed by atoms with van der Waals surface area (Å²) in [7, 11) is 0. The largest absolute Gasteiger partial charge is 0.480 e. The quantitative estimate of drug-likeness (QED) is 0.665. The second-order valence-electron chi connectivity index (χ2n) is 5.40. The van der Waals surface area contributed by atoms with Crippen LogP contribution in [0.2, 0.25) is 0 Å². The number of hydrogen-bond donors (Lipinski definition) is 2. The molecule has 0 spiro atoms. The van der Waals surface area contributed by atoms with Crippen molar-refractivity contribution in [1.82, 2.24) is 5.32 Å². The molecular formula is C13H25NO3S. The van der Waals surface area contributed by atoms with Gasteiger partial charge in [0.2, 0.25) is 0 Å². The summed E-state index contributed by atoms with van der Waals surface area (Å²) in [6, 6.07) is 0.175. The highest BCUT2D eigenvalue weighted by Gasteiger charge is 2.32. The first-order chi connectivity index (χ1) is 8.44. The van der Waals surface area contributed by atoms with Gasteiger partial charge in [0.15, 0.2) is 0 Å². The maximum absolute atomic E-state index is 11.3. The molecule has 1 saturated heterocycles. The third-order valence-corrected chi connectivity index (χ3v) is 4.25. The zero-order valence-electron chi connectivity index (χ0n) is 11.6. The average molecular weight is 275 g/mol. The van der Waals surface area contributed by atoms with E-state index >= 15 is 0 Å². The van der Waals surface area contributed by atoms with E-state index in [2.05, 4.69) is 5.32 Å². The first kappa shape index (κ1) is 15.8. The normalized spacial score (nSPS) is 23.2. The number of thioether (sulfide) groups is 1. The molecule has 0 aromatic carbocycles. The zero-order chi connectivity index (χ0) is 13.6. The van der Waals surface area contributed by atoms with Gasteiger partial charge in [0.1, 0.15) is 5.54 Å². The van der Waals surface area contributed by atoms with Crippen molar-refractivity contribution in [3.05, 3.63) is 0 Å². The van der Waals surface area contributed by atoms with Crippen LogP contribution in [-0.2, 0) is 9.53 Å². The van der Waals surface area contributed by atoms with Crippen LogP contribution in [0.4, 0.5) is 0 Å². The van der Waals surface area contributed by atoms with E-state index in [0.717, 1.165) is 31.0 Å². The molecule has 2 atom stereocenters. The van der Waals surface area contributed by atoms with Crippen LogP contribution in [0.15, 0.2) is 0 Å². The van der Waals surface area contributed by atoms with Crippen molar-refractivity contribution in [2.75, 3.05) is 18.1 Å². The Morgan fingerprint density at radius 2 is 2.33 bits per heavy atom. The van der Waals surface area contributed by atoms with Crippen LogP contribution in [0.5, 0.6) is 0 Å². The van der Waals surface area contributed by atoms with Gasteiger partial charge in [-0.2, -0.15) is 11.8 Å². The molecule has 0 aromatic rings. The molecule has 2 unspecified atom stereocenters. The summed E-state index contributed by atoms with van der Waals surface area (Å²) in [4.78, 5) is 11.3. The van der Waals surface area contributed by atoms with E-state index in [-0.39, 0.29) is 6.04 Å². The smallest absolute Gasteiger partial charge is 0.323 e. The molecule has 0 aliphatic carbocycles. The standard InChI is InChI=1S/C13H25NO3S/c1-10(2)14-13(3,12(15)16)6-8-18-9-11-5-4-7-17-11/h10-11,14H,4-9H2,1-3H3,(H,15,16). The fourth-order valence-corrected chi connectivity index (χ4v) is 3.39. The van der Waals surface area contributed by atoms with Crippen molar-refractivity contribution < 1.29 is 14.6 Å². The van der Waals surface area contributed by atoms with Crippen molar-refractivity contribution >= 4 is 17.7 Å². The molecule has 0 aromatic heterocycles. The molecule has 1 fully saturated rings. The molecule has 5 heteroatoms. The summed E-state index contributed by atoms with van der Waals surface area (Å²) in [5.41, 5.74) is -0.822. The van der Waals surface area contributed by atoms with Gasteiger partial charge in [0, 0.05) is 18.4 Å². The number of carbonyl (C=O) groups is 1. The third kappa shape index (κ3) is 5.16. The van der Waals surface area contributed by atoms with Crippen molar-refractivity contribution in [3.63, 3.8) is 0 Å². The average Bonchev–Trinajstić information content (AvgIpc) is 2.76. The van der Waals surface area contributed by atoms with Gasteiger partial charge < -0.3 is 9.84 Å². The lowest BCUT2D eigenvalue weighted by Gasteiger charge is -2.28. The molecule has 18 heavy (non-hydrogen) atoms. The highest BCUT2D eigenvalue weighted by Crippen LogP contribution is 2.20. The van der Waals surface area contributed by atoms with Gasteiger partial charge in [0.25, 0.3) is 0 Å². The Morgan fingerprint density at radius 1 is 1.61 bits per heavy atom. The molecule has 0 saturated carbocycles. The van der Waals surface area contributed by atoms with Crippen molar-refractivity contribution in [2.45, 2.75) is 57.7 Å². The Kier molecular flexibility index (Phi) is 6.46. The van der Waals surface area contributed by atoms with Crippen LogP contribution < -0.4 is 5.32 Å². The molecule has 0 radical (unpaired) electrons. The van der Waals surface area contributed by atoms with E-state index in [1.165, 1.54) is 0 Å². The molecule has 1 aliphatic heterocycles. The topological polar surface area (TPSA) is 58.6 Å². The van der Waals surface area contributed by atoms with Gasteiger partial charge in [-0.1, -0.05) is 0 Å². The minimum absolute atomic E-state index is 0.175. The fraction of sp³-hybridized carbons (Fsp3) is 0.923. The van der Waals surface area contributed by atoms with E-state index in [9.17, 15) is 9.90 Å². The highest BCUT2D eigenvalue weighted by molar-refractivity contribution is 7.99. The van der Waals surface area contributed by atoms with Gasteiger partial charge in [0.05, 0.1) is 6.10 Å². The van der Waals surface area contributed by atoms with E-state index in [0.29, 0.717) is 12.5 Å². The lowest BCUT2D eigenvalue weighted by Crippen LogP contribution is -2.52. The van der Waals surface area contributed by atoms with Crippen LogP contribution in [0, 0.1) is 0 Å². The Labute approximate surface area is 114 Å². The molecule has 2 N–H and O–H groups in total. The summed E-state index contributed by atoms with van der Waals surface area (Å²) in [5.74, 6) is 1.06. The van der Waals surface area contributed by atoms with Crippen molar-refractivity contribution in [3.8, 4) is 0 Å². The first-order valence-electron chi connectivity index (χ1n) is 6.64. The number of nitrogens with one attached hydrogen (secondary N) is 1. The summed E-state index contributed by atoms with van der Waals surface area (Å²) < 4.78 is 5.54. The predicted molar refractivity (Wildman–Crippen MR) is 75.2 cm³/mol. The Morgan fingerprint density at radius 3 is 2.83 bits per heavy atom. The van der Waals surface area contributed by atoms with E-state index in [1.807, 2.05) is 13.8 Å². The third-order valence-electron chi connectivity index (χ3n) is 3.15. The number of carboxylic acids is 1. The number of hydrogen-bond acceptors (Lipinski definition) is 4. The van der Waals surface area contributed by atoms with Crippen LogP contribution in [0.1, 0.15) is 40.0 Å². The van der Waals surface area contributed by atoms with E-state index in [1.54, 1.807) is 18.7 Å². The summed E-state index contributed by atoms with van der Waals surface area (Å²) in [5, 5.41) is 12.4. The SMILES string of the molecule is CC(C)NC(C)(CCSCC1CCCO1)C(=O)O. The van der Waals surface area contributed by atoms with Gasteiger partial charge in [-0.15, -0.1) is 0 Å². The lowest BCUT2D eigenvalue weighted by molar-refractivity contribution is -0.144. The maximum Gasteiger partial charge on any atom is 0.323 e. The van der Waals surface area contributed by atoms with E-state index < -0.39 is 11.5 Å². The first-order valence-corrected chi connectivity index (χ1v) is 7.80. The van der Waals surface area contributed by atoms with Crippen LogP contribution in [0.3, 0.4) is 0 Å². The monoisotopic (exact) mass is 275 g/mol. The highest BCUT2D eigenvalue weighted by atomic mass is 32.2. The Hall–Kier alpha value is -0.260. The molecule has 1 rings (SSSR count). The molecular weight excluding hydrogens is 250 g/mol. The number of ether oxygens (including phenoxy) is 1. The summed E-state index contributed by atoms with van der Waals surface area (Å²) in [6.07, 6.45) is 3.32. The second-order valence-corrected chi connectivity index (χ2v) is 6.55. The molecule has 1 heterocycles. The van der Waals surface area contributed by atoms with Crippen molar-refractivity contribution in [1.29, 1.82) is 0 Å².